The average molecular weight is 403 g/mol. The Labute approximate surface area is 182 Å². The summed E-state index contributed by atoms with van der Waals surface area (Å²) in [5.41, 5.74) is 3.64. The van der Waals surface area contributed by atoms with Gasteiger partial charge in [0, 0.05) is 36.0 Å². The van der Waals surface area contributed by atoms with Crippen LogP contribution in [0.1, 0.15) is 67.1 Å². The van der Waals surface area contributed by atoms with Crippen molar-refractivity contribution in [2.75, 3.05) is 0 Å². The lowest BCUT2D eigenvalue weighted by Gasteiger charge is -2.21. The molecule has 0 N–H and O–H groups in total. The van der Waals surface area contributed by atoms with Crippen molar-refractivity contribution < 1.29 is 4.11 Å². The molecule has 148 valence electrons. The first-order valence-corrected chi connectivity index (χ1v) is 11.5. The molecule has 1 aliphatic carbocycles. The smallest absolute Gasteiger partial charge is 0.0719 e. The van der Waals surface area contributed by atoms with Gasteiger partial charge in [-0.15, -0.1) is 11.3 Å². The molecule has 5 rings (SSSR count). The molecule has 1 aliphatic rings. The normalized spacial score (nSPS) is 17.9. The highest BCUT2D eigenvalue weighted by molar-refractivity contribution is 7.26. The summed E-state index contributed by atoms with van der Waals surface area (Å²) in [5, 5.41) is 2.40. The molecular weight excluding hydrogens is 370 g/mol. The molecule has 29 heavy (non-hydrogen) atoms. The van der Waals surface area contributed by atoms with E-state index in [1.54, 1.807) is 17.5 Å². The van der Waals surface area contributed by atoms with Crippen molar-refractivity contribution in [1.82, 2.24) is 4.98 Å². The van der Waals surface area contributed by atoms with Gasteiger partial charge in [-0.05, 0) is 47.5 Å². The number of pyridine rings is 1. The van der Waals surface area contributed by atoms with Crippen molar-refractivity contribution >= 4 is 31.5 Å². The molecule has 0 unspecified atom stereocenters. The van der Waals surface area contributed by atoms with E-state index in [9.17, 15) is 0 Å². The third-order valence-corrected chi connectivity index (χ3v) is 7.29. The molecule has 0 aliphatic heterocycles. The number of rotatable bonds is 4. The van der Waals surface area contributed by atoms with Crippen LogP contribution in [0.4, 0.5) is 0 Å². The number of aromatic nitrogens is 1. The molecule has 0 amide bonds. The van der Waals surface area contributed by atoms with E-state index in [0.29, 0.717) is 0 Å². The summed E-state index contributed by atoms with van der Waals surface area (Å²) in [5.74, 6) is -0.549. The van der Waals surface area contributed by atoms with Gasteiger partial charge in [-0.2, -0.15) is 0 Å². The summed E-state index contributed by atoms with van der Waals surface area (Å²) in [6, 6.07) is 16.5. The number of thiophene rings is 1. The van der Waals surface area contributed by atoms with E-state index in [0.717, 1.165) is 48.1 Å². The predicted octanol–water partition coefficient (Wildman–Crippen LogP) is 8.36. The monoisotopic (exact) mass is 402 g/mol. The molecule has 2 aromatic carbocycles. The highest BCUT2D eigenvalue weighted by Crippen LogP contribution is 2.40. The second kappa shape index (κ2) is 7.91. The van der Waals surface area contributed by atoms with E-state index >= 15 is 0 Å². The van der Waals surface area contributed by atoms with Crippen LogP contribution in [0.25, 0.3) is 31.4 Å². The second-order valence-corrected chi connectivity index (χ2v) is 9.46. The highest BCUT2D eigenvalue weighted by Gasteiger charge is 2.16. The number of fused-ring (bicyclic) bond motifs is 3. The second-order valence-electron chi connectivity index (χ2n) is 8.40. The highest BCUT2D eigenvalue weighted by atomic mass is 32.1. The third-order valence-electron chi connectivity index (χ3n) is 6.09. The summed E-state index contributed by atoms with van der Waals surface area (Å²) in [6.45, 7) is 3.84. The quantitative estimate of drug-likeness (QED) is 0.334. The molecule has 0 saturated heterocycles. The van der Waals surface area contributed by atoms with Gasteiger partial charge in [0.25, 0.3) is 0 Å². The van der Waals surface area contributed by atoms with E-state index in [1.807, 2.05) is 26.0 Å². The number of hydrogen-bond donors (Lipinski definition) is 0. The zero-order chi connectivity index (χ0) is 22.5. The molecule has 1 nitrogen and oxygen atoms in total. The molecule has 0 spiro atoms. The summed E-state index contributed by atoms with van der Waals surface area (Å²) in [7, 11) is 0. The molecule has 4 aromatic rings. The average Bonchev–Trinajstić information content (AvgIpc) is 3.17. The Morgan fingerprint density at radius 1 is 1.07 bits per heavy atom. The van der Waals surface area contributed by atoms with Crippen molar-refractivity contribution in [3.63, 3.8) is 0 Å². The van der Waals surface area contributed by atoms with Crippen LogP contribution in [0.15, 0.2) is 54.7 Å². The first kappa shape index (κ1) is 15.6. The maximum absolute atomic E-state index is 8.88. The lowest BCUT2D eigenvalue weighted by Crippen LogP contribution is -2.09. The molecular formula is C27H29NS. The van der Waals surface area contributed by atoms with Crippen LogP contribution in [-0.4, -0.2) is 4.98 Å². The summed E-state index contributed by atoms with van der Waals surface area (Å²) in [6.07, 6.45) is 5.83. The van der Waals surface area contributed by atoms with Crippen molar-refractivity contribution in [3.8, 4) is 11.3 Å². The fourth-order valence-electron chi connectivity index (χ4n) is 4.46. The first-order chi connectivity index (χ1) is 15.2. The van der Waals surface area contributed by atoms with Crippen LogP contribution in [0, 0.1) is 5.92 Å². The SMILES string of the molecule is [2H]C(C)(C)c1ccc2c(c1)sc1c(-c3cc(C([2H])([2H])C4CCCCC4)ccn3)cccc12. The number of benzene rings is 2. The molecule has 0 radical (unpaired) electrons. The topological polar surface area (TPSA) is 12.9 Å². The van der Waals surface area contributed by atoms with Gasteiger partial charge in [0.05, 0.1) is 5.69 Å². The lowest BCUT2D eigenvalue weighted by atomic mass is 9.85. The molecule has 0 bridgehead atoms. The molecule has 1 fully saturated rings. The Morgan fingerprint density at radius 3 is 2.76 bits per heavy atom. The van der Waals surface area contributed by atoms with Gasteiger partial charge in [-0.25, -0.2) is 0 Å². The van der Waals surface area contributed by atoms with Crippen molar-refractivity contribution in [2.45, 2.75) is 58.2 Å². The zero-order valence-electron chi connectivity index (χ0n) is 20.2. The van der Waals surface area contributed by atoms with E-state index in [4.69, 9.17) is 4.11 Å². The minimum Gasteiger partial charge on any atom is -0.256 e. The van der Waals surface area contributed by atoms with Crippen LogP contribution in [0.2, 0.25) is 0 Å². The van der Waals surface area contributed by atoms with Gasteiger partial charge in [-0.1, -0.05) is 76.3 Å². The maximum Gasteiger partial charge on any atom is 0.0719 e. The molecule has 0 atom stereocenters. The fraction of sp³-hybridized carbons (Fsp3) is 0.370. The van der Waals surface area contributed by atoms with Crippen LogP contribution in [-0.2, 0) is 6.37 Å². The molecule has 2 heteroatoms. The first-order valence-electron chi connectivity index (χ1n) is 12.2. The van der Waals surface area contributed by atoms with Crippen molar-refractivity contribution in [2.24, 2.45) is 5.92 Å². The minimum absolute atomic E-state index is 0.0817. The largest absolute Gasteiger partial charge is 0.256 e. The van der Waals surface area contributed by atoms with Gasteiger partial charge in [-0.3, -0.25) is 4.98 Å². The van der Waals surface area contributed by atoms with Crippen molar-refractivity contribution in [1.29, 1.82) is 0 Å². The Balaban J connectivity index is 1.61. The Bertz CT molecular complexity index is 1280. The summed E-state index contributed by atoms with van der Waals surface area (Å²) in [4.78, 5) is 4.66. The zero-order valence-corrected chi connectivity index (χ0v) is 18.0. The molecule has 1 saturated carbocycles. The van der Waals surface area contributed by atoms with Gasteiger partial charge >= 0.3 is 0 Å². The Morgan fingerprint density at radius 2 is 1.93 bits per heavy atom. The van der Waals surface area contributed by atoms with Crippen LogP contribution >= 0.6 is 11.3 Å². The third kappa shape index (κ3) is 3.71. The summed E-state index contributed by atoms with van der Waals surface area (Å²) < 4.78 is 28.5. The Kier molecular flexibility index (Phi) is 4.26. The van der Waals surface area contributed by atoms with E-state index in [-0.39, 0.29) is 5.92 Å². The van der Waals surface area contributed by atoms with Crippen molar-refractivity contribution in [3.05, 3.63) is 65.9 Å². The van der Waals surface area contributed by atoms with Gasteiger partial charge in [0.2, 0.25) is 0 Å². The van der Waals surface area contributed by atoms with Crippen LogP contribution in [0.3, 0.4) is 0 Å². The van der Waals surface area contributed by atoms with Crippen LogP contribution in [0.5, 0.6) is 0 Å². The predicted molar refractivity (Wildman–Crippen MR) is 127 cm³/mol. The molecule has 2 aromatic heterocycles. The van der Waals surface area contributed by atoms with Crippen LogP contribution < -0.4 is 0 Å². The fourth-order valence-corrected chi connectivity index (χ4v) is 5.73. The van der Waals surface area contributed by atoms with Gasteiger partial charge in [0.1, 0.15) is 0 Å². The van der Waals surface area contributed by atoms with E-state index < -0.39 is 12.3 Å². The summed E-state index contributed by atoms with van der Waals surface area (Å²) >= 11 is 1.74. The van der Waals surface area contributed by atoms with Gasteiger partial charge < -0.3 is 0 Å². The van der Waals surface area contributed by atoms with E-state index in [1.165, 1.54) is 26.6 Å². The Hall–Kier alpha value is -2.19. The maximum atomic E-state index is 8.88. The van der Waals surface area contributed by atoms with E-state index in [2.05, 4.69) is 41.4 Å². The molecule has 2 heterocycles. The minimum atomic E-state index is -1.33. The number of nitrogens with zero attached hydrogens (tertiary/aromatic N) is 1. The van der Waals surface area contributed by atoms with Gasteiger partial charge in [0.15, 0.2) is 0 Å². The lowest BCUT2D eigenvalue weighted by molar-refractivity contribution is 0.356. The number of hydrogen-bond acceptors (Lipinski definition) is 2. The standard InChI is InChI=1S/C27H29NS/c1-18(2)21-11-12-22-23-9-6-10-24(27(23)29-26(22)17-21)25-16-20(13-14-28-25)15-19-7-4-3-5-8-19/h6,9-14,16-19H,3-5,7-8,15H2,1-2H3/i15D2,18D.